The Labute approximate surface area is 84.1 Å². The number of halogens is 6. The van der Waals surface area contributed by atoms with Crippen LogP contribution < -0.4 is 0 Å². The fourth-order valence-electron chi connectivity index (χ4n) is 0.459. The summed E-state index contributed by atoms with van der Waals surface area (Å²) in [4.78, 5) is 20.2. The third-order valence-electron chi connectivity index (χ3n) is 1.01. The second-order valence-corrected chi connectivity index (χ2v) is 2.37. The molecule has 0 aromatic carbocycles. The molecular formula is C6H4F6O4. The summed E-state index contributed by atoms with van der Waals surface area (Å²) >= 11 is 0. The van der Waals surface area contributed by atoms with Crippen molar-refractivity contribution in [2.75, 3.05) is 0 Å². The summed E-state index contributed by atoms with van der Waals surface area (Å²) in [7, 11) is 0. The van der Waals surface area contributed by atoms with Gasteiger partial charge in [-0.05, 0) is 0 Å². The molecule has 0 radical (unpaired) electrons. The summed E-state index contributed by atoms with van der Waals surface area (Å²) in [5.41, 5.74) is 0. The second kappa shape index (κ2) is 4.58. The molecule has 0 bridgehead atoms. The number of esters is 2. The first-order valence-corrected chi connectivity index (χ1v) is 3.50. The van der Waals surface area contributed by atoms with Crippen molar-refractivity contribution in [3.05, 3.63) is 0 Å². The monoisotopic (exact) mass is 254 g/mol. The van der Waals surface area contributed by atoms with E-state index in [2.05, 4.69) is 9.47 Å². The highest BCUT2D eigenvalue weighted by molar-refractivity contribution is 5.77. The summed E-state index contributed by atoms with van der Waals surface area (Å²) in [5.74, 6) is -5.51. The van der Waals surface area contributed by atoms with Crippen molar-refractivity contribution < 1.29 is 45.4 Å². The van der Waals surface area contributed by atoms with Crippen LogP contribution in [0.4, 0.5) is 26.3 Å². The van der Waals surface area contributed by atoms with Crippen LogP contribution >= 0.6 is 0 Å². The quantitative estimate of drug-likeness (QED) is 0.426. The Hall–Kier alpha value is -1.48. The van der Waals surface area contributed by atoms with Gasteiger partial charge in [-0.2, -0.15) is 26.3 Å². The number of ether oxygens (including phenoxy) is 2. The Kier molecular flexibility index (Phi) is 4.15. The maximum atomic E-state index is 11.5. The van der Waals surface area contributed by atoms with E-state index in [1.165, 1.54) is 0 Å². The molecule has 0 amide bonds. The van der Waals surface area contributed by atoms with Crippen LogP contribution in [0, 0.1) is 0 Å². The van der Waals surface area contributed by atoms with Crippen molar-refractivity contribution in [3.8, 4) is 0 Å². The van der Waals surface area contributed by atoms with E-state index < -0.39 is 30.6 Å². The molecule has 0 aromatic heterocycles. The van der Waals surface area contributed by atoms with Crippen molar-refractivity contribution in [1.29, 1.82) is 0 Å². The Morgan fingerprint density at radius 1 is 0.875 bits per heavy atom. The minimum absolute atomic E-state index is 0.535. The van der Waals surface area contributed by atoms with Gasteiger partial charge in [0.05, 0.1) is 0 Å². The van der Waals surface area contributed by atoms with Crippen LogP contribution in [0.1, 0.15) is 6.92 Å². The molecule has 0 unspecified atom stereocenters. The fraction of sp³-hybridized carbons (Fsp3) is 0.667. The maximum Gasteiger partial charge on any atom is 0.491 e. The highest BCUT2D eigenvalue weighted by Crippen LogP contribution is 2.20. The lowest BCUT2D eigenvalue weighted by Gasteiger charge is -2.15. The molecule has 0 saturated heterocycles. The lowest BCUT2D eigenvalue weighted by atomic mass is 10.6. The van der Waals surface area contributed by atoms with E-state index >= 15 is 0 Å². The second-order valence-electron chi connectivity index (χ2n) is 2.37. The number of rotatable bonds is 2. The largest absolute Gasteiger partial charge is 0.491 e. The third-order valence-corrected chi connectivity index (χ3v) is 1.01. The van der Waals surface area contributed by atoms with E-state index in [-0.39, 0.29) is 0 Å². The highest BCUT2D eigenvalue weighted by Gasteiger charge is 2.45. The van der Waals surface area contributed by atoms with Gasteiger partial charge in [-0.3, -0.25) is 0 Å². The van der Waals surface area contributed by atoms with Gasteiger partial charge < -0.3 is 9.47 Å². The fourth-order valence-corrected chi connectivity index (χ4v) is 0.459. The Morgan fingerprint density at radius 2 is 1.12 bits per heavy atom. The van der Waals surface area contributed by atoms with Crippen LogP contribution in [0.2, 0.25) is 0 Å². The standard InChI is InChI=1S/C6H4F6O4/c1-2(15-3(13)5(7,8)9)16-4(14)6(10,11)12/h2H,1H3. The predicted octanol–water partition coefficient (Wildman–Crippen LogP) is 1.54. The maximum absolute atomic E-state index is 11.5. The average Bonchev–Trinajstić information content (AvgIpc) is 1.99. The van der Waals surface area contributed by atoms with Gasteiger partial charge in [0.25, 0.3) is 0 Å². The zero-order chi connectivity index (χ0) is 13.1. The molecule has 0 spiro atoms. The minimum atomic E-state index is -5.38. The van der Waals surface area contributed by atoms with Gasteiger partial charge in [0.15, 0.2) is 0 Å². The van der Waals surface area contributed by atoms with E-state index in [0.29, 0.717) is 6.92 Å². The number of alkyl halides is 6. The molecule has 0 fully saturated rings. The number of carbonyl (C=O) groups is 2. The molecule has 16 heavy (non-hydrogen) atoms. The van der Waals surface area contributed by atoms with Gasteiger partial charge in [0.2, 0.25) is 6.29 Å². The smallest absolute Gasteiger partial charge is 0.419 e. The SMILES string of the molecule is CC(OC(=O)C(F)(F)F)OC(=O)C(F)(F)F. The first-order chi connectivity index (χ1) is 6.94. The summed E-state index contributed by atoms with van der Waals surface area (Å²) < 4.78 is 76.0. The van der Waals surface area contributed by atoms with Gasteiger partial charge in [-0.25, -0.2) is 9.59 Å². The Balaban J connectivity index is 4.26. The molecule has 0 aromatic rings. The number of hydrogen-bond acceptors (Lipinski definition) is 4. The van der Waals surface area contributed by atoms with E-state index in [0.717, 1.165) is 0 Å². The lowest BCUT2D eigenvalue weighted by molar-refractivity contribution is -0.238. The summed E-state index contributed by atoms with van der Waals surface area (Å²) in [6.07, 6.45) is -13.0. The molecule has 0 aliphatic rings. The normalized spacial score (nSPS) is 12.5. The molecule has 0 N–H and O–H groups in total. The lowest BCUT2D eigenvalue weighted by Crippen LogP contribution is -2.34. The molecule has 10 heteroatoms. The zero-order valence-electron chi connectivity index (χ0n) is 7.48. The van der Waals surface area contributed by atoms with Crippen molar-refractivity contribution >= 4 is 11.9 Å². The van der Waals surface area contributed by atoms with E-state index in [9.17, 15) is 35.9 Å². The molecule has 0 aliphatic carbocycles. The summed E-state index contributed by atoms with van der Waals surface area (Å²) in [6.45, 7) is 0.535. The first-order valence-electron chi connectivity index (χ1n) is 3.50. The third kappa shape index (κ3) is 4.84. The van der Waals surface area contributed by atoms with Crippen molar-refractivity contribution in [3.63, 3.8) is 0 Å². The predicted molar refractivity (Wildman–Crippen MR) is 33.8 cm³/mol. The van der Waals surface area contributed by atoms with Crippen LogP contribution in [-0.4, -0.2) is 30.6 Å². The van der Waals surface area contributed by atoms with Crippen LogP contribution in [-0.2, 0) is 19.1 Å². The molecule has 0 aliphatic heterocycles. The van der Waals surface area contributed by atoms with Crippen LogP contribution in [0.5, 0.6) is 0 Å². The van der Waals surface area contributed by atoms with Gasteiger partial charge in [-0.1, -0.05) is 0 Å². The summed E-state index contributed by atoms with van der Waals surface area (Å²) in [6, 6.07) is 0. The van der Waals surface area contributed by atoms with Crippen molar-refractivity contribution in [2.24, 2.45) is 0 Å². The summed E-state index contributed by atoms with van der Waals surface area (Å²) in [5, 5.41) is 0. The van der Waals surface area contributed by atoms with Gasteiger partial charge in [0, 0.05) is 6.92 Å². The molecule has 4 nitrogen and oxygen atoms in total. The molecule has 0 atom stereocenters. The number of hydrogen-bond donors (Lipinski definition) is 0. The van der Waals surface area contributed by atoms with Crippen LogP contribution in [0.15, 0.2) is 0 Å². The average molecular weight is 254 g/mol. The zero-order valence-corrected chi connectivity index (χ0v) is 7.48. The molecule has 94 valence electrons. The van der Waals surface area contributed by atoms with Crippen LogP contribution in [0.3, 0.4) is 0 Å². The van der Waals surface area contributed by atoms with E-state index in [4.69, 9.17) is 0 Å². The molecule has 0 saturated carbocycles. The van der Waals surface area contributed by atoms with Gasteiger partial charge >= 0.3 is 24.3 Å². The molecular weight excluding hydrogens is 250 g/mol. The van der Waals surface area contributed by atoms with E-state index in [1.807, 2.05) is 0 Å². The first kappa shape index (κ1) is 14.5. The van der Waals surface area contributed by atoms with Crippen LogP contribution in [0.25, 0.3) is 0 Å². The Morgan fingerprint density at radius 3 is 1.31 bits per heavy atom. The topological polar surface area (TPSA) is 52.6 Å². The van der Waals surface area contributed by atoms with Crippen molar-refractivity contribution in [2.45, 2.75) is 25.6 Å². The molecule has 0 heterocycles. The molecule has 0 rings (SSSR count). The Bertz CT molecular complexity index is 252. The van der Waals surface area contributed by atoms with E-state index in [1.54, 1.807) is 0 Å². The number of carbonyl (C=O) groups excluding carboxylic acids is 2. The minimum Gasteiger partial charge on any atom is -0.419 e. The highest BCUT2D eigenvalue weighted by atomic mass is 19.4. The van der Waals surface area contributed by atoms with Gasteiger partial charge in [-0.15, -0.1) is 0 Å². The van der Waals surface area contributed by atoms with Gasteiger partial charge in [0.1, 0.15) is 0 Å². The van der Waals surface area contributed by atoms with Crippen molar-refractivity contribution in [1.82, 2.24) is 0 Å².